The first-order valence-corrected chi connectivity index (χ1v) is 1.54. The van der Waals surface area contributed by atoms with Crippen LogP contribution in [0.3, 0.4) is 0 Å². The van der Waals surface area contributed by atoms with Crippen LogP contribution in [-0.2, 0) is 4.79 Å². The van der Waals surface area contributed by atoms with E-state index in [4.69, 9.17) is 0 Å². The van der Waals surface area contributed by atoms with Crippen molar-refractivity contribution in [3.63, 3.8) is 0 Å². The third-order valence-corrected chi connectivity index (χ3v) is 0.695. The molecule has 0 unspecified atom stereocenters. The molecular formula is C3H5NO. The number of nitrogens with zero attached hydrogens (tertiary/aromatic N) is 1. The Kier molecular flexibility index (Phi) is 0.272. The maximum Gasteiger partial charge on any atom is 0.242 e. The number of hydrogen-bond donors (Lipinski definition) is 0. The second-order valence-electron chi connectivity index (χ2n) is 1.25. The Morgan fingerprint density at radius 3 is 2.20 bits per heavy atom. The van der Waals surface area contributed by atoms with Crippen LogP contribution >= 0.6 is 0 Å². The minimum atomic E-state index is 0.255. The van der Waals surface area contributed by atoms with Gasteiger partial charge in [0, 0.05) is 7.05 Å². The highest BCUT2D eigenvalue weighted by atomic mass is 16.2. The van der Waals surface area contributed by atoms with Crippen molar-refractivity contribution >= 4 is 5.91 Å². The molecule has 0 aromatic heterocycles. The van der Waals surface area contributed by atoms with Crippen LogP contribution < -0.4 is 0 Å². The van der Waals surface area contributed by atoms with Crippen LogP contribution in [-0.4, -0.2) is 24.4 Å². The quantitative estimate of drug-likeness (QED) is 0.351. The molecule has 5 heavy (non-hydrogen) atoms. The molecule has 0 atom stereocenters. The van der Waals surface area contributed by atoms with Gasteiger partial charge in [-0.25, -0.2) is 0 Å². The van der Waals surface area contributed by atoms with E-state index in [0.29, 0.717) is 6.54 Å². The lowest BCUT2D eigenvalue weighted by molar-refractivity contribution is -0.113. The molecule has 1 aliphatic rings. The van der Waals surface area contributed by atoms with Crippen molar-refractivity contribution in [2.45, 2.75) is 0 Å². The number of rotatable bonds is 0. The molecule has 1 rings (SSSR count). The third kappa shape index (κ3) is 0.251. The van der Waals surface area contributed by atoms with E-state index in [-0.39, 0.29) is 5.91 Å². The standard InChI is InChI=1S/C3H5NO/c1-4-2-3(4)5/h2H2,1H3. The van der Waals surface area contributed by atoms with Gasteiger partial charge in [0.1, 0.15) is 0 Å². The Labute approximate surface area is 30.4 Å². The Morgan fingerprint density at radius 1 is 2.00 bits per heavy atom. The van der Waals surface area contributed by atoms with Crippen molar-refractivity contribution in [3.8, 4) is 0 Å². The van der Waals surface area contributed by atoms with Crippen LogP contribution in [0.4, 0.5) is 0 Å². The fourth-order valence-electron chi connectivity index (χ4n) is 0.168. The predicted octanol–water partition coefficient (Wildman–Crippen LogP) is -0.542. The number of amides is 1. The Bertz CT molecular complexity index is 69.3. The van der Waals surface area contributed by atoms with Gasteiger partial charge in [0.2, 0.25) is 5.91 Å². The van der Waals surface area contributed by atoms with E-state index in [1.54, 1.807) is 11.9 Å². The molecule has 1 aliphatic heterocycles. The Balaban J connectivity index is 2.47. The third-order valence-electron chi connectivity index (χ3n) is 0.695. The summed E-state index contributed by atoms with van der Waals surface area (Å²) < 4.78 is 0. The molecule has 0 spiro atoms. The van der Waals surface area contributed by atoms with Gasteiger partial charge in [0.25, 0.3) is 0 Å². The Hall–Kier alpha value is -0.530. The first-order chi connectivity index (χ1) is 2.30. The summed E-state index contributed by atoms with van der Waals surface area (Å²) in [6, 6.07) is 0. The maximum absolute atomic E-state index is 9.81. The molecule has 1 saturated heterocycles. The molecular weight excluding hydrogens is 66.0 g/mol. The first kappa shape index (κ1) is 2.69. The number of carbonyl (C=O) groups is 1. The lowest BCUT2D eigenvalue weighted by atomic mass is 11.0. The fourth-order valence-corrected chi connectivity index (χ4v) is 0.168. The zero-order valence-corrected chi connectivity index (χ0v) is 3.06. The summed E-state index contributed by atoms with van der Waals surface area (Å²) in [5.41, 5.74) is 0. The van der Waals surface area contributed by atoms with Crippen LogP contribution in [0.2, 0.25) is 0 Å². The van der Waals surface area contributed by atoms with Crippen molar-refractivity contribution in [1.82, 2.24) is 4.90 Å². The summed E-state index contributed by atoms with van der Waals surface area (Å²) in [5, 5.41) is 0. The summed E-state index contributed by atoms with van der Waals surface area (Å²) in [5.74, 6) is 0.255. The zero-order valence-electron chi connectivity index (χ0n) is 3.06. The highest BCUT2D eigenvalue weighted by Gasteiger charge is 2.23. The minimum absolute atomic E-state index is 0.255. The first-order valence-electron chi connectivity index (χ1n) is 1.54. The van der Waals surface area contributed by atoms with Gasteiger partial charge < -0.3 is 4.90 Å². The molecule has 0 saturated carbocycles. The molecule has 0 aromatic rings. The average molecular weight is 71.1 g/mol. The summed E-state index contributed by atoms with van der Waals surface area (Å²) in [6.07, 6.45) is 0. The Morgan fingerprint density at radius 2 is 2.20 bits per heavy atom. The average Bonchev–Trinajstić information content (AvgIpc) is 1.79. The molecule has 0 radical (unpaired) electrons. The second kappa shape index (κ2) is 0.506. The molecule has 0 aliphatic carbocycles. The molecule has 2 heteroatoms. The van der Waals surface area contributed by atoms with Crippen LogP contribution in [0.15, 0.2) is 0 Å². The van der Waals surface area contributed by atoms with Gasteiger partial charge in [-0.1, -0.05) is 0 Å². The lowest BCUT2D eigenvalue weighted by Gasteiger charge is -1.68. The minimum Gasteiger partial charge on any atom is -0.335 e. The van der Waals surface area contributed by atoms with Gasteiger partial charge >= 0.3 is 0 Å². The van der Waals surface area contributed by atoms with Crippen LogP contribution in [0.25, 0.3) is 0 Å². The molecule has 0 N–H and O–H groups in total. The van der Waals surface area contributed by atoms with Crippen LogP contribution in [0.1, 0.15) is 0 Å². The summed E-state index contributed by atoms with van der Waals surface area (Å²) in [6.45, 7) is 0.667. The van der Waals surface area contributed by atoms with Crippen molar-refractivity contribution < 1.29 is 4.79 Å². The molecule has 1 amide bonds. The normalized spacial score (nSPS) is 20.2. The van der Waals surface area contributed by atoms with E-state index in [1.807, 2.05) is 0 Å². The predicted molar refractivity (Wildman–Crippen MR) is 17.6 cm³/mol. The van der Waals surface area contributed by atoms with Gasteiger partial charge in [-0.15, -0.1) is 0 Å². The van der Waals surface area contributed by atoms with Crippen molar-refractivity contribution in [3.05, 3.63) is 0 Å². The van der Waals surface area contributed by atoms with Crippen LogP contribution in [0.5, 0.6) is 0 Å². The largest absolute Gasteiger partial charge is 0.335 e. The fraction of sp³-hybridized carbons (Fsp3) is 0.667. The lowest BCUT2D eigenvalue weighted by Crippen LogP contribution is -1.80. The van der Waals surface area contributed by atoms with E-state index in [0.717, 1.165) is 0 Å². The second-order valence-corrected chi connectivity index (χ2v) is 1.25. The maximum atomic E-state index is 9.81. The summed E-state index contributed by atoms with van der Waals surface area (Å²) >= 11 is 0. The number of likely N-dealkylation sites (N-methyl/N-ethyl adjacent to an activating group) is 1. The van der Waals surface area contributed by atoms with E-state index in [1.165, 1.54) is 0 Å². The highest BCUT2D eigenvalue weighted by molar-refractivity contribution is 5.91. The van der Waals surface area contributed by atoms with E-state index < -0.39 is 0 Å². The molecule has 28 valence electrons. The van der Waals surface area contributed by atoms with Gasteiger partial charge in [-0.2, -0.15) is 0 Å². The molecule has 2 nitrogen and oxygen atoms in total. The smallest absolute Gasteiger partial charge is 0.242 e. The zero-order chi connectivity index (χ0) is 3.86. The van der Waals surface area contributed by atoms with E-state index >= 15 is 0 Å². The number of hydrogen-bond acceptors (Lipinski definition) is 1. The molecule has 0 bridgehead atoms. The van der Waals surface area contributed by atoms with Gasteiger partial charge in [0.05, 0.1) is 6.54 Å². The molecule has 1 heterocycles. The topological polar surface area (TPSA) is 20.1 Å². The van der Waals surface area contributed by atoms with E-state index in [9.17, 15) is 4.79 Å². The van der Waals surface area contributed by atoms with Crippen molar-refractivity contribution in [2.75, 3.05) is 13.6 Å². The van der Waals surface area contributed by atoms with Gasteiger partial charge in [0.15, 0.2) is 0 Å². The SMILES string of the molecule is CN1CC1=O. The summed E-state index contributed by atoms with van der Waals surface area (Å²) in [7, 11) is 1.78. The van der Waals surface area contributed by atoms with Gasteiger partial charge in [-0.3, -0.25) is 4.79 Å². The summed E-state index contributed by atoms with van der Waals surface area (Å²) in [4.78, 5) is 11.5. The molecule has 0 aromatic carbocycles. The van der Waals surface area contributed by atoms with E-state index in [2.05, 4.69) is 0 Å². The highest BCUT2D eigenvalue weighted by Crippen LogP contribution is 1.97. The van der Waals surface area contributed by atoms with Crippen molar-refractivity contribution in [1.29, 1.82) is 0 Å². The van der Waals surface area contributed by atoms with Crippen LogP contribution in [0, 0.1) is 0 Å². The number of carbonyl (C=O) groups excluding carboxylic acids is 1. The monoisotopic (exact) mass is 71.0 g/mol. The van der Waals surface area contributed by atoms with Gasteiger partial charge in [-0.05, 0) is 0 Å². The van der Waals surface area contributed by atoms with Crippen molar-refractivity contribution in [2.24, 2.45) is 0 Å². The molecule has 1 fully saturated rings.